The maximum atomic E-state index is 13.0. The second-order valence-corrected chi connectivity index (χ2v) is 6.17. The summed E-state index contributed by atoms with van der Waals surface area (Å²) >= 11 is 11.7. The first-order valence-corrected chi connectivity index (χ1v) is 7.81. The van der Waals surface area contributed by atoms with Gasteiger partial charge in [0.05, 0.1) is 5.56 Å². The van der Waals surface area contributed by atoms with E-state index in [9.17, 15) is 22.8 Å². The molecule has 0 bridgehead atoms. The highest BCUT2D eigenvalue weighted by Crippen LogP contribution is 2.34. The second-order valence-electron chi connectivity index (χ2n) is 5.30. The summed E-state index contributed by atoms with van der Waals surface area (Å²) in [5.74, 6) is -0.580. The predicted molar refractivity (Wildman–Crippen MR) is 91.9 cm³/mol. The van der Waals surface area contributed by atoms with Gasteiger partial charge in [-0.2, -0.15) is 13.2 Å². The summed E-state index contributed by atoms with van der Waals surface area (Å²) in [7, 11) is 0. The molecule has 0 spiro atoms. The number of rotatable bonds is 2. The first-order chi connectivity index (χ1) is 12.1. The Bertz CT molecular complexity index is 1060. The van der Waals surface area contributed by atoms with Gasteiger partial charge < -0.3 is 9.73 Å². The Balaban J connectivity index is 1.99. The molecule has 1 aromatic heterocycles. The summed E-state index contributed by atoms with van der Waals surface area (Å²) < 4.78 is 43.9. The fourth-order valence-corrected chi connectivity index (χ4v) is 2.89. The van der Waals surface area contributed by atoms with Crippen LogP contribution in [0.25, 0.3) is 11.0 Å². The van der Waals surface area contributed by atoms with Crippen molar-refractivity contribution >= 4 is 45.8 Å². The average Bonchev–Trinajstić information content (AvgIpc) is 2.51. The zero-order valence-corrected chi connectivity index (χ0v) is 14.2. The second kappa shape index (κ2) is 6.66. The largest absolute Gasteiger partial charge is 0.423 e. The van der Waals surface area contributed by atoms with Crippen molar-refractivity contribution in [3.8, 4) is 0 Å². The van der Waals surface area contributed by atoms with E-state index < -0.39 is 23.3 Å². The summed E-state index contributed by atoms with van der Waals surface area (Å²) in [5, 5.41) is 2.70. The normalized spacial score (nSPS) is 11.6. The van der Waals surface area contributed by atoms with E-state index in [1.165, 1.54) is 24.3 Å². The van der Waals surface area contributed by atoms with Gasteiger partial charge in [-0.15, -0.1) is 0 Å². The third kappa shape index (κ3) is 3.84. The minimum Gasteiger partial charge on any atom is -0.423 e. The van der Waals surface area contributed by atoms with Gasteiger partial charge in [0.2, 0.25) is 0 Å². The molecule has 1 heterocycles. The molecule has 0 aliphatic heterocycles. The molecule has 0 unspecified atom stereocenters. The molecular formula is C17H8Cl2F3NO3. The molecule has 26 heavy (non-hydrogen) atoms. The van der Waals surface area contributed by atoms with E-state index in [0.29, 0.717) is 6.07 Å². The maximum Gasteiger partial charge on any atom is 0.417 e. The Morgan fingerprint density at radius 1 is 1.00 bits per heavy atom. The van der Waals surface area contributed by atoms with Gasteiger partial charge in [-0.3, -0.25) is 4.79 Å². The van der Waals surface area contributed by atoms with Crippen molar-refractivity contribution in [2.24, 2.45) is 0 Å². The van der Waals surface area contributed by atoms with Crippen LogP contribution in [0.5, 0.6) is 0 Å². The van der Waals surface area contributed by atoms with Crippen LogP contribution in [0.15, 0.2) is 51.7 Å². The molecule has 3 rings (SSSR count). The standard InChI is InChI=1S/C17H8Cl2F3NO3/c18-9-3-8(4-10(19)5-9)16(25)23-11-1-2-12-13(17(20,21)22)7-15(24)26-14(12)6-11/h1-7H,(H,23,25). The highest BCUT2D eigenvalue weighted by molar-refractivity contribution is 6.35. The summed E-state index contributed by atoms with van der Waals surface area (Å²) in [4.78, 5) is 23.6. The number of benzene rings is 2. The van der Waals surface area contributed by atoms with Crippen LogP contribution in [0.1, 0.15) is 15.9 Å². The lowest BCUT2D eigenvalue weighted by atomic mass is 10.1. The number of hydrogen-bond donors (Lipinski definition) is 1. The molecule has 134 valence electrons. The molecule has 9 heteroatoms. The van der Waals surface area contributed by atoms with Gasteiger partial charge in [0, 0.05) is 38.8 Å². The summed E-state index contributed by atoms with van der Waals surface area (Å²) in [6.45, 7) is 0. The molecule has 0 saturated heterocycles. The number of alkyl halides is 3. The number of amides is 1. The lowest BCUT2D eigenvalue weighted by molar-refractivity contribution is -0.136. The summed E-state index contributed by atoms with van der Waals surface area (Å²) in [6.07, 6.45) is -4.71. The van der Waals surface area contributed by atoms with Gasteiger partial charge in [0.1, 0.15) is 5.58 Å². The van der Waals surface area contributed by atoms with Crippen molar-refractivity contribution in [3.63, 3.8) is 0 Å². The van der Waals surface area contributed by atoms with Crippen LogP contribution in [0.3, 0.4) is 0 Å². The highest BCUT2D eigenvalue weighted by atomic mass is 35.5. The first kappa shape index (κ1) is 18.3. The molecule has 0 saturated carbocycles. The number of nitrogens with one attached hydrogen (secondary N) is 1. The van der Waals surface area contributed by atoms with Gasteiger partial charge in [-0.1, -0.05) is 23.2 Å². The molecule has 1 N–H and O–H groups in total. The lowest BCUT2D eigenvalue weighted by Gasteiger charge is -2.11. The molecule has 0 fully saturated rings. The Morgan fingerprint density at radius 2 is 1.65 bits per heavy atom. The van der Waals surface area contributed by atoms with Crippen LogP contribution in [0.4, 0.5) is 18.9 Å². The number of fused-ring (bicyclic) bond motifs is 1. The number of carbonyl (C=O) groups excluding carboxylic acids is 1. The van der Waals surface area contributed by atoms with Crippen LogP contribution < -0.4 is 10.9 Å². The number of hydrogen-bond acceptors (Lipinski definition) is 3. The zero-order chi connectivity index (χ0) is 19.1. The smallest absolute Gasteiger partial charge is 0.417 e. The molecular weight excluding hydrogens is 394 g/mol. The third-order valence-corrected chi connectivity index (χ3v) is 3.87. The molecule has 2 aromatic carbocycles. The monoisotopic (exact) mass is 401 g/mol. The van der Waals surface area contributed by atoms with E-state index in [4.69, 9.17) is 27.6 Å². The number of anilines is 1. The Labute approximate surface area is 154 Å². The maximum absolute atomic E-state index is 13.0. The van der Waals surface area contributed by atoms with Crippen LogP contribution in [0, 0.1) is 0 Å². The van der Waals surface area contributed by atoms with Gasteiger partial charge in [0.15, 0.2) is 0 Å². The van der Waals surface area contributed by atoms with E-state index in [2.05, 4.69) is 5.32 Å². The van der Waals surface area contributed by atoms with Gasteiger partial charge in [-0.25, -0.2) is 4.79 Å². The van der Waals surface area contributed by atoms with Crippen molar-refractivity contribution in [1.29, 1.82) is 0 Å². The fourth-order valence-electron chi connectivity index (χ4n) is 2.36. The lowest BCUT2D eigenvalue weighted by Crippen LogP contribution is -2.13. The summed E-state index contributed by atoms with van der Waals surface area (Å²) in [5.41, 5.74) is -2.25. The van der Waals surface area contributed by atoms with Gasteiger partial charge in [-0.05, 0) is 30.3 Å². The quantitative estimate of drug-likeness (QED) is 0.587. The van der Waals surface area contributed by atoms with Crippen LogP contribution in [0.2, 0.25) is 10.0 Å². The Hall–Kier alpha value is -2.51. The minimum absolute atomic E-state index is 0.140. The molecule has 3 aromatic rings. The van der Waals surface area contributed by atoms with Crippen LogP contribution >= 0.6 is 23.2 Å². The van der Waals surface area contributed by atoms with Crippen molar-refractivity contribution < 1.29 is 22.4 Å². The van der Waals surface area contributed by atoms with Crippen molar-refractivity contribution in [3.05, 3.63) is 74.1 Å². The molecule has 0 aliphatic rings. The van der Waals surface area contributed by atoms with E-state index in [1.54, 1.807) is 0 Å². The van der Waals surface area contributed by atoms with E-state index in [1.807, 2.05) is 0 Å². The fraction of sp³-hybridized carbons (Fsp3) is 0.0588. The topological polar surface area (TPSA) is 59.3 Å². The molecule has 1 amide bonds. The van der Waals surface area contributed by atoms with Gasteiger partial charge >= 0.3 is 11.8 Å². The van der Waals surface area contributed by atoms with Crippen molar-refractivity contribution in [2.45, 2.75) is 6.18 Å². The first-order valence-electron chi connectivity index (χ1n) is 7.06. The average molecular weight is 402 g/mol. The number of halogens is 5. The van der Waals surface area contributed by atoms with Crippen LogP contribution in [-0.4, -0.2) is 5.91 Å². The number of carbonyl (C=O) groups is 1. The van der Waals surface area contributed by atoms with Crippen LogP contribution in [-0.2, 0) is 6.18 Å². The molecule has 0 aliphatic carbocycles. The Morgan fingerprint density at radius 3 is 2.27 bits per heavy atom. The molecule has 4 nitrogen and oxygen atoms in total. The highest BCUT2D eigenvalue weighted by Gasteiger charge is 2.33. The minimum atomic E-state index is -4.71. The van der Waals surface area contributed by atoms with Gasteiger partial charge in [0.25, 0.3) is 5.91 Å². The molecule has 0 radical (unpaired) electrons. The molecule has 0 atom stereocenters. The van der Waals surface area contributed by atoms with E-state index in [-0.39, 0.29) is 32.3 Å². The van der Waals surface area contributed by atoms with E-state index >= 15 is 0 Å². The predicted octanol–water partition coefficient (Wildman–Crippen LogP) is 5.37. The van der Waals surface area contributed by atoms with Crippen molar-refractivity contribution in [2.75, 3.05) is 5.32 Å². The zero-order valence-electron chi connectivity index (χ0n) is 12.7. The summed E-state index contributed by atoms with van der Waals surface area (Å²) in [6, 6.07) is 8.11. The SMILES string of the molecule is O=C(Nc1ccc2c(C(F)(F)F)cc(=O)oc2c1)c1cc(Cl)cc(Cl)c1. The van der Waals surface area contributed by atoms with Crippen molar-refractivity contribution in [1.82, 2.24) is 0 Å². The third-order valence-electron chi connectivity index (χ3n) is 3.43. The Kier molecular flexibility index (Phi) is 4.68. The van der Waals surface area contributed by atoms with E-state index in [0.717, 1.165) is 12.1 Å².